The highest BCUT2D eigenvalue weighted by atomic mass is 19.1. The number of Topliss-reactive ketones (excluding diaryl/α,β-unsaturated/α-hetero) is 1. The summed E-state index contributed by atoms with van der Waals surface area (Å²) >= 11 is 0. The first-order chi connectivity index (χ1) is 15.2. The van der Waals surface area contributed by atoms with Crippen molar-refractivity contribution in [3.8, 4) is 6.07 Å². The highest BCUT2D eigenvalue weighted by Gasteiger charge is 2.69. The Morgan fingerprint density at radius 2 is 1.91 bits per heavy atom. The zero-order chi connectivity index (χ0) is 22.8. The van der Waals surface area contributed by atoms with E-state index in [0.29, 0.717) is 60.4 Å². The average Bonchev–Trinajstić information content (AvgIpc) is 3.25. The molecule has 6 rings (SSSR count). The van der Waals surface area contributed by atoms with Crippen LogP contribution in [0.2, 0.25) is 0 Å². The van der Waals surface area contributed by atoms with Crippen LogP contribution < -0.4 is 10.6 Å². The molecule has 8 heteroatoms. The second kappa shape index (κ2) is 6.76. The van der Waals surface area contributed by atoms with E-state index in [1.807, 2.05) is 0 Å². The number of fused-ring (bicyclic) bond motifs is 1. The smallest absolute Gasteiger partial charge is 0.292 e. The molecule has 164 valence electrons. The Bertz CT molecular complexity index is 1230. The van der Waals surface area contributed by atoms with Gasteiger partial charge in [0.05, 0.1) is 17.0 Å². The fraction of sp³-hybridized carbons (Fsp3) is 0.417. The lowest BCUT2D eigenvalue weighted by atomic mass is 9.40. The van der Waals surface area contributed by atoms with Crippen molar-refractivity contribution in [1.29, 1.82) is 5.26 Å². The third kappa shape index (κ3) is 2.88. The van der Waals surface area contributed by atoms with E-state index in [4.69, 9.17) is 5.26 Å². The van der Waals surface area contributed by atoms with E-state index in [9.17, 15) is 18.8 Å². The predicted molar refractivity (Wildman–Crippen MR) is 114 cm³/mol. The highest BCUT2D eigenvalue weighted by molar-refractivity contribution is 6.44. The van der Waals surface area contributed by atoms with Crippen LogP contribution in [0, 0.1) is 36.4 Å². The number of rotatable bonds is 5. The Kier molecular flexibility index (Phi) is 4.32. The van der Waals surface area contributed by atoms with Gasteiger partial charge in [-0.25, -0.2) is 4.39 Å². The minimum absolute atomic E-state index is 0.279. The van der Waals surface area contributed by atoms with Crippen LogP contribution in [-0.4, -0.2) is 27.7 Å². The number of anilines is 1. The molecule has 3 saturated carbocycles. The number of aromatic nitrogens is 1. The van der Waals surface area contributed by atoms with Crippen LogP contribution in [-0.2, 0) is 17.8 Å². The number of nitrogens with zero attached hydrogens (tertiary/aromatic N) is 2. The van der Waals surface area contributed by atoms with E-state index < -0.39 is 29.0 Å². The molecule has 1 aromatic carbocycles. The molecule has 32 heavy (non-hydrogen) atoms. The van der Waals surface area contributed by atoms with Gasteiger partial charge in [0, 0.05) is 23.5 Å². The van der Waals surface area contributed by atoms with Crippen molar-refractivity contribution < 1.29 is 18.8 Å². The number of nitrogens with one attached hydrogen (secondary N) is 2. The SMILES string of the molecule is Cc1ccc(NC(=O)c2c(C)c(C(=O)C(=O)NC34CC(C#N)(C3)C4)c3n2CCC3)cc1F. The third-order valence-electron chi connectivity index (χ3n) is 7.13. The van der Waals surface area contributed by atoms with Crippen LogP contribution >= 0.6 is 0 Å². The Balaban J connectivity index is 1.40. The summed E-state index contributed by atoms with van der Waals surface area (Å²) in [6, 6.07) is 6.74. The van der Waals surface area contributed by atoms with Gasteiger partial charge in [0.15, 0.2) is 0 Å². The van der Waals surface area contributed by atoms with Crippen molar-refractivity contribution in [3.05, 3.63) is 52.1 Å². The van der Waals surface area contributed by atoms with Gasteiger partial charge in [-0.1, -0.05) is 6.07 Å². The largest absolute Gasteiger partial charge is 0.344 e. The van der Waals surface area contributed by atoms with Gasteiger partial charge in [-0.2, -0.15) is 5.26 Å². The molecule has 0 spiro atoms. The molecule has 2 aromatic rings. The summed E-state index contributed by atoms with van der Waals surface area (Å²) in [4.78, 5) is 38.9. The van der Waals surface area contributed by atoms with Crippen molar-refractivity contribution in [2.24, 2.45) is 5.41 Å². The second-order valence-electron chi connectivity index (χ2n) is 9.45. The topological polar surface area (TPSA) is 104 Å². The van der Waals surface area contributed by atoms with Gasteiger partial charge in [0.25, 0.3) is 17.6 Å². The fourth-order valence-corrected chi connectivity index (χ4v) is 5.62. The maximum atomic E-state index is 13.9. The van der Waals surface area contributed by atoms with E-state index in [0.717, 1.165) is 6.42 Å². The first kappa shape index (κ1) is 20.4. The first-order valence-electron chi connectivity index (χ1n) is 10.8. The highest BCUT2D eigenvalue weighted by Crippen LogP contribution is 2.66. The van der Waals surface area contributed by atoms with Crippen molar-refractivity contribution in [1.82, 2.24) is 9.88 Å². The molecule has 2 N–H and O–H groups in total. The zero-order valence-corrected chi connectivity index (χ0v) is 18.0. The summed E-state index contributed by atoms with van der Waals surface area (Å²) in [5.74, 6) is -2.19. The average molecular weight is 434 g/mol. The lowest BCUT2D eigenvalue weighted by molar-refractivity contribution is -0.140. The molecule has 0 radical (unpaired) electrons. The second-order valence-corrected chi connectivity index (χ2v) is 9.45. The quantitative estimate of drug-likeness (QED) is 0.557. The molecule has 4 aliphatic rings. The fourth-order valence-electron chi connectivity index (χ4n) is 5.62. The third-order valence-corrected chi connectivity index (χ3v) is 7.13. The van der Waals surface area contributed by atoms with E-state index in [1.54, 1.807) is 30.5 Å². The first-order valence-corrected chi connectivity index (χ1v) is 10.8. The van der Waals surface area contributed by atoms with E-state index in [-0.39, 0.29) is 11.0 Å². The molecule has 0 unspecified atom stereocenters. The monoisotopic (exact) mass is 434 g/mol. The summed E-state index contributed by atoms with van der Waals surface area (Å²) in [6.45, 7) is 3.88. The van der Waals surface area contributed by atoms with Crippen LogP contribution in [0.1, 0.15) is 63.4 Å². The van der Waals surface area contributed by atoms with Gasteiger partial charge >= 0.3 is 0 Å². The molecule has 2 heterocycles. The molecule has 0 atom stereocenters. The van der Waals surface area contributed by atoms with E-state index in [2.05, 4.69) is 16.7 Å². The van der Waals surface area contributed by atoms with Crippen molar-refractivity contribution in [2.45, 2.75) is 58.0 Å². The molecule has 2 bridgehead atoms. The minimum Gasteiger partial charge on any atom is -0.344 e. The van der Waals surface area contributed by atoms with Crippen molar-refractivity contribution >= 4 is 23.3 Å². The van der Waals surface area contributed by atoms with Gasteiger partial charge < -0.3 is 15.2 Å². The summed E-state index contributed by atoms with van der Waals surface area (Å²) in [5, 5.41) is 14.7. The molecule has 3 fully saturated rings. The number of benzene rings is 1. The molecule has 3 aliphatic carbocycles. The van der Waals surface area contributed by atoms with Crippen LogP contribution in [0.3, 0.4) is 0 Å². The summed E-state index contributed by atoms with van der Waals surface area (Å²) in [5.41, 5.74) is 1.78. The maximum absolute atomic E-state index is 13.9. The summed E-state index contributed by atoms with van der Waals surface area (Å²) in [7, 11) is 0. The summed E-state index contributed by atoms with van der Waals surface area (Å²) < 4.78 is 15.7. The molecule has 1 aromatic heterocycles. The Morgan fingerprint density at radius 3 is 2.56 bits per heavy atom. The van der Waals surface area contributed by atoms with Crippen LogP contribution in [0.4, 0.5) is 10.1 Å². The number of aryl methyl sites for hydroxylation is 1. The van der Waals surface area contributed by atoms with Gasteiger partial charge in [0.1, 0.15) is 11.5 Å². The normalized spacial score (nSPS) is 24.6. The van der Waals surface area contributed by atoms with Crippen LogP contribution in [0.25, 0.3) is 0 Å². The van der Waals surface area contributed by atoms with Gasteiger partial charge in [0.2, 0.25) is 0 Å². The molecular weight excluding hydrogens is 411 g/mol. The number of hydrogen-bond acceptors (Lipinski definition) is 4. The number of hydrogen-bond donors (Lipinski definition) is 2. The lowest BCUT2D eigenvalue weighted by Gasteiger charge is -2.66. The standard InChI is InChI=1S/C24H23FN4O3/c1-13-5-6-15(8-16(13)25)27-21(31)19-14(2)18(17-4-3-7-29(17)19)20(30)22(32)28-24-9-23(10-24,11-24)12-26/h5-6,8H,3-4,7,9-11H2,1-2H3,(H,27,31)(H,28,32). The minimum atomic E-state index is -0.688. The summed E-state index contributed by atoms with van der Waals surface area (Å²) in [6.07, 6.45) is 3.13. The van der Waals surface area contributed by atoms with E-state index >= 15 is 0 Å². The zero-order valence-electron chi connectivity index (χ0n) is 18.0. The number of amides is 2. The van der Waals surface area contributed by atoms with Crippen LogP contribution in [0.15, 0.2) is 18.2 Å². The Hall–Kier alpha value is -3.47. The number of halogens is 1. The van der Waals surface area contributed by atoms with Gasteiger partial charge in [-0.3, -0.25) is 14.4 Å². The molecule has 7 nitrogen and oxygen atoms in total. The van der Waals surface area contributed by atoms with E-state index in [1.165, 1.54) is 6.07 Å². The number of carbonyl (C=O) groups is 3. The van der Waals surface area contributed by atoms with Gasteiger partial charge in [-0.15, -0.1) is 0 Å². The molecule has 0 saturated heterocycles. The lowest BCUT2D eigenvalue weighted by Crippen LogP contribution is -2.74. The molecular formula is C24H23FN4O3. The van der Waals surface area contributed by atoms with Gasteiger partial charge in [-0.05, 0) is 69.2 Å². The van der Waals surface area contributed by atoms with Crippen LogP contribution in [0.5, 0.6) is 0 Å². The molecule has 1 aliphatic heterocycles. The Labute approximate surface area is 184 Å². The Morgan fingerprint density at radius 1 is 1.19 bits per heavy atom. The number of nitriles is 1. The maximum Gasteiger partial charge on any atom is 0.292 e. The predicted octanol–water partition coefficient (Wildman–Crippen LogP) is 3.19. The van der Waals surface area contributed by atoms with Crippen molar-refractivity contribution in [2.75, 3.05) is 5.32 Å². The van der Waals surface area contributed by atoms with Crippen molar-refractivity contribution in [3.63, 3.8) is 0 Å². The number of ketones is 1. The molecule has 2 amide bonds. The number of carbonyl (C=O) groups excluding carboxylic acids is 3.